The molecule has 1 saturated carbocycles. The highest BCUT2D eigenvalue weighted by atomic mass is 35.5. The van der Waals surface area contributed by atoms with Crippen molar-refractivity contribution >= 4 is 23.1 Å². The lowest BCUT2D eigenvalue weighted by Crippen LogP contribution is -2.34. The molecular formula is C11H15ClN4O2. The minimum Gasteiger partial charge on any atom is -0.359 e. The summed E-state index contributed by atoms with van der Waals surface area (Å²) in [6, 6.07) is 0. The van der Waals surface area contributed by atoms with Crippen LogP contribution in [0, 0.1) is 23.0 Å². The summed E-state index contributed by atoms with van der Waals surface area (Å²) >= 11 is 5.77. The van der Waals surface area contributed by atoms with Gasteiger partial charge in [0, 0.05) is 5.54 Å². The van der Waals surface area contributed by atoms with Gasteiger partial charge in [-0.05, 0) is 51.1 Å². The summed E-state index contributed by atoms with van der Waals surface area (Å²) in [5, 5.41) is 14.2. The molecule has 0 unspecified atom stereocenters. The van der Waals surface area contributed by atoms with Crippen LogP contribution in [0.3, 0.4) is 0 Å². The van der Waals surface area contributed by atoms with Crippen LogP contribution in [-0.2, 0) is 0 Å². The number of nitrogens with zero attached hydrogens (tertiary/aromatic N) is 3. The molecule has 0 saturated heterocycles. The Balaban J connectivity index is 2.39. The fraction of sp³-hybridized carbons (Fsp3) is 0.636. The fourth-order valence-electron chi connectivity index (χ4n) is 2.05. The summed E-state index contributed by atoms with van der Waals surface area (Å²) in [5.74, 6) is 0.723. The lowest BCUT2D eigenvalue weighted by atomic mass is 9.99. The van der Waals surface area contributed by atoms with Gasteiger partial charge in [-0.25, -0.2) is 4.98 Å². The van der Waals surface area contributed by atoms with Gasteiger partial charge < -0.3 is 5.32 Å². The Bertz CT molecular complexity index is 500. The number of nitrogens with one attached hydrogen (secondary N) is 1. The average Bonchev–Trinajstić information content (AvgIpc) is 2.96. The molecular weight excluding hydrogens is 256 g/mol. The maximum absolute atomic E-state index is 11.1. The Labute approximate surface area is 110 Å². The van der Waals surface area contributed by atoms with Gasteiger partial charge >= 0.3 is 5.69 Å². The van der Waals surface area contributed by atoms with E-state index in [4.69, 9.17) is 11.6 Å². The molecule has 1 aliphatic rings. The second-order valence-electron chi connectivity index (χ2n) is 5.15. The number of rotatable bonds is 4. The van der Waals surface area contributed by atoms with Gasteiger partial charge in [0.2, 0.25) is 11.1 Å². The SMILES string of the molecule is Cc1nc(Cl)nc(NC(C)(C)C2CC2)c1[N+](=O)[O-]. The molecule has 1 aromatic heterocycles. The molecule has 0 spiro atoms. The largest absolute Gasteiger partial charge is 0.359 e. The van der Waals surface area contributed by atoms with Gasteiger partial charge in [0.05, 0.1) is 4.92 Å². The van der Waals surface area contributed by atoms with E-state index in [1.165, 1.54) is 0 Å². The molecule has 0 atom stereocenters. The van der Waals surface area contributed by atoms with Gasteiger partial charge in [-0.3, -0.25) is 10.1 Å². The standard InChI is InChI=1S/C11H15ClN4O2/c1-6-8(16(17)18)9(14-10(12)13-6)15-11(2,3)7-4-5-7/h7H,4-5H2,1-3H3,(H,13,14,15). The first-order valence-electron chi connectivity index (χ1n) is 5.78. The number of aromatic nitrogens is 2. The molecule has 18 heavy (non-hydrogen) atoms. The van der Waals surface area contributed by atoms with Crippen LogP contribution in [-0.4, -0.2) is 20.4 Å². The highest BCUT2D eigenvalue weighted by Crippen LogP contribution is 2.42. The lowest BCUT2D eigenvalue weighted by molar-refractivity contribution is -0.385. The predicted molar refractivity (Wildman–Crippen MR) is 68.9 cm³/mol. The molecule has 98 valence electrons. The van der Waals surface area contributed by atoms with Crippen LogP contribution in [0.1, 0.15) is 32.4 Å². The van der Waals surface area contributed by atoms with Crippen LogP contribution >= 0.6 is 11.6 Å². The van der Waals surface area contributed by atoms with E-state index in [0.717, 1.165) is 12.8 Å². The molecule has 1 heterocycles. The average molecular weight is 271 g/mol. The summed E-state index contributed by atoms with van der Waals surface area (Å²) in [6.07, 6.45) is 2.26. The van der Waals surface area contributed by atoms with Crippen molar-refractivity contribution in [3.05, 3.63) is 21.1 Å². The van der Waals surface area contributed by atoms with Crippen LogP contribution in [0.5, 0.6) is 0 Å². The van der Waals surface area contributed by atoms with E-state index in [0.29, 0.717) is 5.92 Å². The molecule has 0 aromatic carbocycles. The van der Waals surface area contributed by atoms with Crippen molar-refractivity contribution in [2.45, 2.75) is 39.2 Å². The minimum absolute atomic E-state index is 0.0206. The van der Waals surface area contributed by atoms with E-state index >= 15 is 0 Å². The van der Waals surface area contributed by atoms with Gasteiger partial charge in [-0.1, -0.05) is 0 Å². The molecule has 1 fully saturated rings. The van der Waals surface area contributed by atoms with Crippen molar-refractivity contribution in [2.24, 2.45) is 5.92 Å². The van der Waals surface area contributed by atoms with Crippen LogP contribution in [0.2, 0.25) is 5.28 Å². The molecule has 1 aliphatic carbocycles. The van der Waals surface area contributed by atoms with Gasteiger partial charge in [0.15, 0.2) is 0 Å². The van der Waals surface area contributed by atoms with Crippen LogP contribution in [0.25, 0.3) is 0 Å². The summed E-state index contributed by atoms with van der Waals surface area (Å²) in [5.41, 5.74) is -0.0586. The van der Waals surface area contributed by atoms with E-state index in [1.54, 1.807) is 6.92 Å². The highest BCUT2D eigenvalue weighted by molar-refractivity contribution is 6.28. The highest BCUT2D eigenvalue weighted by Gasteiger charge is 2.39. The van der Waals surface area contributed by atoms with Gasteiger partial charge in [0.25, 0.3) is 0 Å². The molecule has 7 heteroatoms. The van der Waals surface area contributed by atoms with E-state index in [2.05, 4.69) is 15.3 Å². The van der Waals surface area contributed by atoms with Crippen molar-refractivity contribution in [3.63, 3.8) is 0 Å². The zero-order chi connectivity index (χ0) is 13.5. The normalized spacial score (nSPS) is 15.6. The smallest absolute Gasteiger partial charge is 0.332 e. The number of anilines is 1. The molecule has 0 amide bonds. The Kier molecular flexibility index (Phi) is 3.14. The van der Waals surface area contributed by atoms with E-state index < -0.39 is 4.92 Å². The van der Waals surface area contributed by atoms with Crippen molar-refractivity contribution in [3.8, 4) is 0 Å². The van der Waals surface area contributed by atoms with E-state index in [9.17, 15) is 10.1 Å². The Morgan fingerprint density at radius 3 is 2.56 bits per heavy atom. The molecule has 0 aliphatic heterocycles. The Hall–Kier alpha value is -1.43. The maximum atomic E-state index is 11.1. The Morgan fingerprint density at radius 1 is 1.44 bits per heavy atom. The van der Waals surface area contributed by atoms with Crippen molar-refractivity contribution in [1.29, 1.82) is 0 Å². The van der Waals surface area contributed by atoms with Crippen LogP contribution in [0.15, 0.2) is 0 Å². The first-order chi connectivity index (χ1) is 8.31. The van der Waals surface area contributed by atoms with E-state index in [1.807, 2.05) is 13.8 Å². The number of hydrogen-bond donors (Lipinski definition) is 1. The van der Waals surface area contributed by atoms with Crippen molar-refractivity contribution in [1.82, 2.24) is 9.97 Å². The van der Waals surface area contributed by atoms with Crippen molar-refractivity contribution in [2.75, 3.05) is 5.32 Å². The number of hydrogen-bond acceptors (Lipinski definition) is 5. The van der Waals surface area contributed by atoms with Gasteiger partial charge in [0.1, 0.15) is 5.69 Å². The zero-order valence-electron chi connectivity index (χ0n) is 10.5. The van der Waals surface area contributed by atoms with Crippen LogP contribution < -0.4 is 5.32 Å². The molecule has 0 radical (unpaired) electrons. The first-order valence-corrected chi connectivity index (χ1v) is 6.16. The van der Waals surface area contributed by atoms with Gasteiger partial charge in [-0.15, -0.1) is 0 Å². The van der Waals surface area contributed by atoms with Gasteiger partial charge in [-0.2, -0.15) is 4.98 Å². The summed E-state index contributed by atoms with van der Waals surface area (Å²) in [6.45, 7) is 5.58. The summed E-state index contributed by atoms with van der Waals surface area (Å²) in [7, 11) is 0. The molecule has 6 nitrogen and oxygen atoms in total. The number of aryl methyl sites for hydroxylation is 1. The third kappa shape index (κ3) is 2.53. The quantitative estimate of drug-likeness (QED) is 0.517. The van der Waals surface area contributed by atoms with Crippen LogP contribution in [0.4, 0.5) is 11.5 Å². The molecule has 1 N–H and O–H groups in total. The predicted octanol–water partition coefficient (Wildman–Crippen LogP) is 2.95. The molecule has 2 rings (SSSR count). The van der Waals surface area contributed by atoms with Crippen molar-refractivity contribution < 1.29 is 4.92 Å². The van der Waals surface area contributed by atoms with E-state index in [-0.39, 0.29) is 28.0 Å². The molecule has 0 bridgehead atoms. The second-order valence-corrected chi connectivity index (χ2v) is 5.49. The monoisotopic (exact) mass is 270 g/mol. The zero-order valence-corrected chi connectivity index (χ0v) is 11.3. The first kappa shape index (κ1) is 13.0. The number of halogens is 1. The summed E-state index contributed by atoms with van der Waals surface area (Å²) in [4.78, 5) is 18.4. The third-order valence-electron chi connectivity index (χ3n) is 3.25. The minimum atomic E-state index is -0.475. The topological polar surface area (TPSA) is 81.0 Å². The third-order valence-corrected chi connectivity index (χ3v) is 3.42. The fourth-order valence-corrected chi connectivity index (χ4v) is 2.26. The molecule has 1 aromatic rings. The second kappa shape index (κ2) is 4.35. The maximum Gasteiger partial charge on any atom is 0.332 e. The Morgan fingerprint density at radius 2 is 2.06 bits per heavy atom. The number of nitro groups is 1. The lowest BCUT2D eigenvalue weighted by Gasteiger charge is -2.26. The summed E-state index contributed by atoms with van der Waals surface area (Å²) < 4.78 is 0.